The smallest absolute Gasteiger partial charge is 0.306 e. The Morgan fingerprint density at radius 3 is 1.83 bits per heavy atom. The number of carbonyl (C=O) groups is 2. The molecule has 7 heteroatoms. The van der Waals surface area contributed by atoms with Crippen LogP contribution in [0.15, 0.2) is 25.3 Å². The van der Waals surface area contributed by atoms with Gasteiger partial charge in [0.2, 0.25) is 0 Å². The van der Waals surface area contributed by atoms with E-state index in [1.807, 2.05) is 12.2 Å². The van der Waals surface area contributed by atoms with Gasteiger partial charge < -0.3 is 24.4 Å². The Kier molecular flexibility index (Phi) is 18.3. The summed E-state index contributed by atoms with van der Waals surface area (Å²) in [4.78, 5) is 24.6. The molecule has 2 N–H and O–H groups in total. The summed E-state index contributed by atoms with van der Waals surface area (Å²) in [5.41, 5.74) is 0. The van der Waals surface area contributed by atoms with Crippen molar-refractivity contribution in [3.8, 4) is 0 Å². The minimum Gasteiger partial charge on any atom is -0.457 e. The Hall–Kier alpha value is -1.70. The zero-order valence-corrected chi connectivity index (χ0v) is 21.5. The van der Waals surface area contributed by atoms with Crippen LogP contribution in [0.3, 0.4) is 0 Å². The second kappa shape index (κ2) is 20.5. The minimum absolute atomic E-state index is 0.0345. The third-order valence-electron chi connectivity index (χ3n) is 6.34. The topological polar surface area (TPSA) is 102 Å². The van der Waals surface area contributed by atoms with Crippen molar-refractivity contribution >= 4 is 11.9 Å². The van der Waals surface area contributed by atoms with E-state index in [1.165, 1.54) is 12.8 Å². The lowest BCUT2D eigenvalue weighted by molar-refractivity contribution is -0.171. The molecule has 0 aromatic heterocycles. The molecule has 0 radical (unpaired) electrons. The Labute approximate surface area is 211 Å². The standard InChI is InChI=1S/C28H48O7/c1-3-5-7-9-11-13-15-17-19-25(31)34-24(21-29)28-27(23(30)22-33-28)35-26(32)20-18-16-14-12-10-8-6-4-2/h3-4,23-24,27-30H,1-2,5-22H2/t23-,24+,27+,28+/m0/s1. The number of hydrogen-bond donors (Lipinski definition) is 2. The molecule has 0 bridgehead atoms. The van der Waals surface area contributed by atoms with Crippen molar-refractivity contribution in [3.63, 3.8) is 0 Å². The summed E-state index contributed by atoms with van der Waals surface area (Å²) in [5, 5.41) is 20.0. The first-order chi connectivity index (χ1) is 17.0. The number of hydrogen-bond acceptors (Lipinski definition) is 7. The van der Waals surface area contributed by atoms with E-state index in [-0.39, 0.29) is 19.4 Å². The van der Waals surface area contributed by atoms with Gasteiger partial charge in [-0.25, -0.2) is 0 Å². The summed E-state index contributed by atoms with van der Waals surface area (Å²) in [7, 11) is 0. The Bertz CT molecular complexity index is 592. The fraction of sp³-hybridized carbons (Fsp3) is 0.786. The van der Waals surface area contributed by atoms with Crippen molar-refractivity contribution in [1.29, 1.82) is 0 Å². The molecule has 0 unspecified atom stereocenters. The van der Waals surface area contributed by atoms with Gasteiger partial charge in [0.05, 0.1) is 13.2 Å². The molecule has 1 heterocycles. The fourth-order valence-electron chi connectivity index (χ4n) is 4.26. The normalized spacial score (nSPS) is 20.3. The lowest BCUT2D eigenvalue weighted by Gasteiger charge is -2.27. The van der Waals surface area contributed by atoms with Crippen LogP contribution >= 0.6 is 0 Å². The summed E-state index contributed by atoms with van der Waals surface area (Å²) in [6.45, 7) is 6.94. The summed E-state index contributed by atoms with van der Waals surface area (Å²) in [5.74, 6) is -0.828. The molecule has 0 aromatic rings. The van der Waals surface area contributed by atoms with Crippen LogP contribution in [0.2, 0.25) is 0 Å². The van der Waals surface area contributed by atoms with Gasteiger partial charge in [0.15, 0.2) is 12.2 Å². The highest BCUT2D eigenvalue weighted by Gasteiger charge is 2.45. The van der Waals surface area contributed by atoms with Crippen LogP contribution in [-0.4, -0.2) is 59.8 Å². The van der Waals surface area contributed by atoms with Gasteiger partial charge in [-0.15, -0.1) is 13.2 Å². The molecule has 0 amide bonds. The maximum atomic E-state index is 12.3. The quantitative estimate of drug-likeness (QED) is 0.121. The molecule has 1 saturated heterocycles. The van der Waals surface area contributed by atoms with Crippen molar-refractivity contribution < 1.29 is 34.0 Å². The molecule has 35 heavy (non-hydrogen) atoms. The summed E-state index contributed by atoms with van der Waals surface area (Å²) in [6, 6.07) is 0. The van der Waals surface area contributed by atoms with E-state index in [2.05, 4.69) is 13.2 Å². The molecular formula is C28H48O7. The van der Waals surface area contributed by atoms with Crippen molar-refractivity contribution in [2.45, 2.75) is 127 Å². The molecule has 7 nitrogen and oxygen atoms in total. The molecule has 1 aliphatic heterocycles. The molecular weight excluding hydrogens is 448 g/mol. The largest absolute Gasteiger partial charge is 0.457 e. The van der Waals surface area contributed by atoms with Gasteiger partial charge in [-0.2, -0.15) is 0 Å². The van der Waals surface area contributed by atoms with Crippen LogP contribution in [0.25, 0.3) is 0 Å². The minimum atomic E-state index is -1.01. The zero-order valence-electron chi connectivity index (χ0n) is 21.5. The average molecular weight is 497 g/mol. The average Bonchev–Trinajstić information content (AvgIpc) is 3.20. The number of rotatable bonds is 22. The maximum absolute atomic E-state index is 12.3. The summed E-state index contributed by atoms with van der Waals surface area (Å²) < 4.78 is 16.4. The van der Waals surface area contributed by atoms with Gasteiger partial charge in [-0.1, -0.05) is 63.5 Å². The first kappa shape index (κ1) is 31.3. The maximum Gasteiger partial charge on any atom is 0.306 e. The second-order valence-electron chi connectivity index (χ2n) is 9.43. The molecule has 0 spiro atoms. The van der Waals surface area contributed by atoms with E-state index in [0.29, 0.717) is 0 Å². The van der Waals surface area contributed by atoms with Crippen LogP contribution in [0.4, 0.5) is 0 Å². The van der Waals surface area contributed by atoms with E-state index >= 15 is 0 Å². The number of carbonyl (C=O) groups excluding carboxylic acids is 2. The monoisotopic (exact) mass is 496 g/mol. The van der Waals surface area contributed by atoms with Crippen LogP contribution < -0.4 is 0 Å². The molecule has 1 fully saturated rings. The van der Waals surface area contributed by atoms with Gasteiger partial charge in [-0.3, -0.25) is 9.59 Å². The lowest BCUT2D eigenvalue weighted by atomic mass is 10.1. The number of allylic oxidation sites excluding steroid dienone is 2. The number of aliphatic hydroxyl groups excluding tert-OH is 2. The van der Waals surface area contributed by atoms with Gasteiger partial charge in [0.25, 0.3) is 0 Å². The third kappa shape index (κ3) is 14.5. The van der Waals surface area contributed by atoms with Crippen molar-refractivity contribution in [1.82, 2.24) is 0 Å². The molecule has 1 aliphatic rings. The fourth-order valence-corrected chi connectivity index (χ4v) is 4.26. The van der Waals surface area contributed by atoms with Crippen LogP contribution in [-0.2, 0) is 23.8 Å². The van der Waals surface area contributed by atoms with Gasteiger partial charge in [0.1, 0.15) is 12.2 Å². The SMILES string of the molecule is C=CCCCCCCCCC(=O)O[C@H]1[C@@H]([C@@H](CO)OC(=O)CCCCCCCCC=C)OC[C@@H]1O. The Balaban J connectivity index is 2.30. The van der Waals surface area contributed by atoms with E-state index in [4.69, 9.17) is 14.2 Å². The zero-order chi connectivity index (χ0) is 25.7. The molecule has 0 aromatic carbocycles. The molecule has 0 saturated carbocycles. The third-order valence-corrected chi connectivity index (χ3v) is 6.34. The number of ether oxygens (including phenoxy) is 3. The Morgan fingerprint density at radius 1 is 0.829 bits per heavy atom. The predicted octanol–water partition coefficient (Wildman–Crippen LogP) is 5.18. The number of esters is 2. The van der Waals surface area contributed by atoms with E-state index in [0.717, 1.165) is 77.0 Å². The number of aliphatic hydroxyl groups is 2. The molecule has 0 aliphatic carbocycles. The highest BCUT2D eigenvalue weighted by atomic mass is 16.6. The van der Waals surface area contributed by atoms with Crippen molar-refractivity contribution in [2.24, 2.45) is 0 Å². The predicted molar refractivity (Wildman–Crippen MR) is 137 cm³/mol. The van der Waals surface area contributed by atoms with Crippen molar-refractivity contribution in [3.05, 3.63) is 25.3 Å². The van der Waals surface area contributed by atoms with Crippen LogP contribution in [0, 0.1) is 0 Å². The van der Waals surface area contributed by atoms with Crippen molar-refractivity contribution in [2.75, 3.05) is 13.2 Å². The van der Waals surface area contributed by atoms with E-state index in [9.17, 15) is 19.8 Å². The molecule has 1 rings (SSSR count). The van der Waals surface area contributed by atoms with E-state index < -0.39 is 43.0 Å². The number of unbranched alkanes of at least 4 members (excludes halogenated alkanes) is 12. The first-order valence-corrected chi connectivity index (χ1v) is 13.5. The summed E-state index contributed by atoms with van der Waals surface area (Å²) >= 11 is 0. The molecule has 202 valence electrons. The van der Waals surface area contributed by atoms with Crippen LogP contribution in [0.5, 0.6) is 0 Å². The van der Waals surface area contributed by atoms with Gasteiger partial charge in [0, 0.05) is 12.8 Å². The Morgan fingerprint density at radius 2 is 1.31 bits per heavy atom. The summed E-state index contributed by atoms with van der Waals surface area (Å²) in [6.07, 6.45) is 15.0. The van der Waals surface area contributed by atoms with Gasteiger partial charge >= 0.3 is 11.9 Å². The van der Waals surface area contributed by atoms with E-state index in [1.54, 1.807) is 0 Å². The van der Waals surface area contributed by atoms with Crippen LogP contribution in [0.1, 0.15) is 103 Å². The first-order valence-electron chi connectivity index (χ1n) is 13.5. The van der Waals surface area contributed by atoms with Gasteiger partial charge in [-0.05, 0) is 38.5 Å². The highest BCUT2D eigenvalue weighted by molar-refractivity contribution is 5.70. The molecule has 4 atom stereocenters. The lowest BCUT2D eigenvalue weighted by Crippen LogP contribution is -2.45. The highest BCUT2D eigenvalue weighted by Crippen LogP contribution is 2.24. The second-order valence-corrected chi connectivity index (χ2v) is 9.43.